The summed E-state index contributed by atoms with van der Waals surface area (Å²) in [6.07, 6.45) is 7.20. The third-order valence-electron chi connectivity index (χ3n) is 6.02. The Labute approximate surface area is 197 Å². The predicted molar refractivity (Wildman–Crippen MR) is 127 cm³/mol. The highest BCUT2D eigenvalue weighted by atomic mass is 32.2. The molecule has 1 N–H and O–H groups in total. The van der Waals surface area contributed by atoms with Crippen LogP contribution in [0.4, 0.5) is 5.69 Å². The number of carboxylic acid groups (broad SMARTS) is 1. The first-order chi connectivity index (χ1) is 16.4. The van der Waals surface area contributed by atoms with Gasteiger partial charge in [0, 0.05) is 43.7 Å². The van der Waals surface area contributed by atoms with Crippen molar-refractivity contribution in [2.24, 2.45) is 0 Å². The van der Waals surface area contributed by atoms with E-state index in [0.29, 0.717) is 12.1 Å². The summed E-state index contributed by atoms with van der Waals surface area (Å²) >= 11 is 0. The lowest BCUT2D eigenvalue weighted by atomic mass is 9.93. The van der Waals surface area contributed by atoms with E-state index in [0.717, 1.165) is 22.4 Å². The highest BCUT2D eigenvalue weighted by Crippen LogP contribution is 2.43. The molecular formula is C25H22N4O4S. The number of aliphatic carboxylic acids is 1. The van der Waals surface area contributed by atoms with E-state index < -0.39 is 16.0 Å². The topological polar surface area (TPSA) is 105 Å². The van der Waals surface area contributed by atoms with Gasteiger partial charge in [-0.2, -0.15) is 5.10 Å². The zero-order chi connectivity index (χ0) is 23.7. The van der Waals surface area contributed by atoms with E-state index in [9.17, 15) is 18.3 Å². The summed E-state index contributed by atoms with van der Waals surface area (Å²) in [5.74, 6) is -1.12. The van der Waals surface area contributed by atoms with Crippen molar-refractivity contribution in [1.29, 1.82) is 0 Å². The fourth-order valence-corrected chi connectivity index (χ4v) is 5.85. The fourth-order valence-electron chi connectivity index (χ4n) is 4.31. The van der Waals surface area contributed by atoms with Gasteiger partial charge in [0.1, 0.15) is 0 Å². The van der Waals surface area contributed by atoms with Gasteiger partial charge in [-0.25, -0.2) is 13.1 Å². The molecule has 34 heavy (non-hydrogen) atoms. The van der Waals surface area contributed by atoms with E-state index >= 15 is 0 Å². The summed E-state index contributed by atoms with van der Waals surface area (Å²) in [6.45, 7) is 0.197. The number of carboxylic acids is 1. The number of hydrogen-bond acceptors (Lipinski definition) is 5. The van der Waals surface area contributed by atoms with Crippen LogP contribution in [0.1, 0.15) is 24.3 Å². The minimum absolute atomic E-state index is 0.0340. The van der Waals surface area contributed by atoms with Crippen LogP contribution in [0.3, 0.4) is 0 Å². The number of anilines is 1. The Bertz CT molecular complexity index is 1420. The van der Waals surface area contributed by atoms with Crippen molar-refractivity contribution in [3.8, 4) is 16.8 Å². The van der Waals surface area contributed by atoms with Gasteiger partial charge in [-0.3, -0.25) is 14.1 Å². The highest BCUT2D eigenvalue weighted by molar-refractivity contribution is 7.92. The smallest absolute Gasteiger partial charge is 0.303 e. The van der Waals surface area contributed by atoms with Gasteiger partial charge in [-0.1, -0.05) is 12.1 Å². The average Bonchev–Trinajstić information content (AvgIpc) is 3.52. The van der Waals surface area contributed by atoms with E-state index in [4.69, 9.17) is 0 Å². The van der Waals surface area contributed by atoms with Gasteiger partial charge in [0.25, 0.3) is 10.0 Å². The van der Waals surface area contributed by atoms with Crippen molar-refractivity contribution >= 4 is 21.7 Å². The third-order valence-corrected chi connectivity index (χ3v) is 7.81. The van der Waals surface area contributed by atoms with Gasteiger partial charge in [0.15, 0.2) is 0 Å². The molecule has 0 aliphatic carbocycles. The first-order valence-corrected chi connectivity index (χ1v) is 12.3. The Balaban J connectivity index is 1.51. The number of benzene rings is 2. The predicted octanol–water partition coefficient (Wildman–Crippen LogP) is 4.09. The summed E-state index contributed by atoms with van der Waals surface area (Å²) in [5.41, 5.74) is 4.00. The molecule has 1 aliphatic rings. The van der Waals surface area contributed by atoms with Crippen molar-refractivity contribution < 1.29 is 18.3 Å². The lowest BCUT2D eigenvalue weighted by molar-refractivity contribution is -0.137. The molecule has 0 fully saturated rings. The molecule has 4 aromatic rings. The molecule has 9 heteroatoms. The van der Waals surface area contributed by atoms with E-state index in [1.165, 1.54) is 4.31 Å². The number of rotatable bonds is 7. The first kappa shape index (κ1) is 21.8. The van der Waals surface area contributed by atoms with Crippen LogP contribution in [0, 0.1) is 0 Å². The second-order valence-electron chi connectivity index (χ2n) is 8.13. The van der Waals surface area contributed by atoms with Crippen molar-refractivity contribution in [2.75, 3.05) is 10.8 Å². The Morgan fingerprint density at radius 2 is 1.85 bits per heavy atom. The molecular weight excluding hydrogens is 452 g/mol. The molecule has 1 aliphatic heterocycles. The molecule has 0 saturated heterocycles. The largest absolute Gasteiger partial charge is 0.481 e. The summed E-state index contributed by atoms with van der Waals surface area (Å²) in [7, 11) is -3.84. The standard InChI is InChI=1S/C25H22N4O4S/c30-25(31)11-5-20-17-29(24-10-4-18(15-23(20)24)19-3-1-12-26-16-19)34(32,33)22-8-6-21(7-9-22)28-14-2-13-27-28/h1-4,6-10,12-16,20H,5,11,17H2,(H,30,31). The maximum atomic E-state index is 13.6. The molecule has 0 spiro atoms. The van der Waals surface area contributed by atoms with E-state index in [-0.39, 0.29) is 23.8 Å². The van der Waals surface area contributed by atoms with Crippen molar-refractivity contribution in [3.05, 3.63) is 91.0 Å². The zero-order valence-corrected chi connectivity index (χ0v) is 19.0. The fraction of sp³-hybridized carbons (Fsp3) is 0.160. The molecule has 3 heterocycles. The molecule has 5 rings (SSSR count). The van der Waals surface area contributed by atoms with Gasteiger partial charge in [-0.15, -0.1) is 0 Å². The molecule has 1 atom stereocenters. The maximum absolute atomic E-state index is 13.6. The van der Waals surface area contributed by atoms with Crippen LogP contribution in [0.15, 0.2) is 90.3 Å². The Hall–Kier alpha value is -3.98. The van der Waals surface area contributed by atoms with Crippen LogP contribution in [0.5, 0.6) is 0 Å². The highest BCUT2D eigenvalue weighted by Gasteiger charge is 2.37. The second-order valence-corrected chi connectivity index (χ2v) is 9.99. The Morgan fingerprint density at radius 3 is 2.53 bits per heavy atom. The van der Waals surface area contributed by atoms with Crippen molar-refractivity contribution in [2.45, 2.75) is 23.7 Å². The summed E-state index contributed by atoms with van der Waals surface area (Å²) in [6, 6.07) is 17.8. The van der Waals surface area contributed by atoms with Gasteiger partial charge < -0.3 is 5.11 Å². The van der Waals surface area contributed by atoms with Gasteiger partial charge >= 0.3 is 5.97 Å². The number of fused-ring (bicyclic) bond motifs is 1. The monoisotopic (exact) mass is 474 g/mol. The van der Waals surface area contributed by atoms with Crippen LogP contribution in [0.2, 0.25) is 0 Å². The molecule has 0 amide bonds. The lowest BCUT2D eigenvalue weighted by Gasteiger charge is -2.20. The summed E-state index contributed by atoms with van der Waals surface area (Å²) in [5, 5.41) is 13.4. The Morgan fingerprint density at radius 1 is 1.03 bits per heavy atom. The number of sulfonamides is 1. The molecule has 1 unspecified atom stereocenters. The average molecular weight is 475 g/mol. The number of pyridine rings is 1. The molecule has 8 nitrogen and oxygen atoms in total. The van der Waals surface area contributed by atoms with E-state index in [1.54, 1.807) is 65.9 Å². The normalized spacial score (nSPS) is 15.3. The van der Waals surface area contributed by atoms with E-state index in [2.05, 4.69) is 10.1 Å². The molecule has 2 aromatic heterocycles. The van der Waals surface area contributed by atoms with Crippen LogP contribution >= 0.6 is 0 Å². The SMILES string of the molecule is O=C(O)CCC1CN(S(=O)(=O)c2ccc(-n3cccn3)cc2)c2ccc(-c3cccnc3)cc21. The van der Waals surface area contributed by atoms with Crippen molar-refractivity contribution in [1.82, 2.24) is 14.8 Å². The van der Waals surface area contributed by atoms with Gasteiger partial charge in [0.05, 0.1) is 16.3 Å². The third kappa shape index (κ3) is 4.06. The summed E-state index contributed by atoms with van der Waals surface area (Å²) in [4.78, 5) is 15.6. The van der Waals surface area contributed by atoms with Gasteiger partial charge in [-0.05, 0) is 71.6 Å². The first-order valence-electron chi connectivity index (χ1n) is 10.8. The maximum Gasteiger partial charge on any atom is 0.303 e. The number of carbonyl (C=O) groups is 1. The number of nitrogens with zero attached hydrogens (tertiary/aromatic N) is 4. The summed E-state index contributed by atoms with van der Waals surface area (Å²) < 4.78 is 30.3. The van der Waals surface area contributed by atoms with E-state index in [1.807, 2.05) is 24.3 Å². The minimum Gasteiger partial charge on any atom is -0.481 e. The van der Waals surface area contributed by atoms with Crippen LogP contribution in [-0.2, 0) is 14.8 Å². The lowest BCUT2D eigenvalue weighted by Crippen LogP contribution is -2.30. The molecule has 0 radical (unpaired) electrons. The second kappa shape index (κ2) is 8.75. The van der Waals surface area contributed by atoms with Crippen molar-refractivity contribution in [3.63, 3.8) is 0 Å². The number of hydrogen-bond donors (Lipinski definition) is 1. The minimum atomic E-state index is -3.84. The molecule has 172 valence electrons. The number of aromatic nitrogens is 3. The molecule has 0 bridgehead atoms. The van der Waals surface area contributed by atoms with Gasteiger partial charge in [0.2, 0.25) is 0 Å². The van der Waals surface area contributed by atoms with Crippen LogP contribution < -0.4 is 4.31 Å². The molecule has 2 aromatic carbocycles. The molecule has 0 saturated carbocycles. The van der Waals surface area contributed by atoms with Crippen LogP contribution in [-0.4, -0.2) is 40.8 Å². The zero-order valence-electron chi connectivity index (χ0n) is 18.2. The quantitative estimate of drug-likeness (QED) is 0.433. The Kier molecular flexibility index (Phi) is 5.62. The van der Waals surface area contributed by atoms with Crippen LogP contribution in [0.25, 0.3) is 16.8 Å².